The van der Waals surface area contributed by atoms with Crippen LogP contribution in [0.5, 0.6) is 0 Å². The maximum Gasteiger partial charge on any atom is 0.324 e. The third-order valence-electron chi connectivity index (χ3n) is 4.50. The predicted octanol–water partition coefficient (Wildman–Crippen LogP) is 3.71. The van der Waals surface area contributed by atoms with E-state index < -0.39 is 11.5 Å². The summed E-state index contributed by atoms with van der Waals surface area (Å²) in [6.07, 6.45) is 3.31. The van der Waals surface area contributed by atoms with E-state index in [4.69, 9.17) is 0 Å². The number of likely N-dealkylation sites (tertiary alicyclic amines) is 1. The SMILES string of the molecule is CCC1(C(=O)O)CCCN1C(C)Cc1ccc(Br)cc1. The first-order chi connectivity index (χ1) is 9.49. The van der Waals surface area contributed by atoms with E-state index in [1.807, 2.05) is 19.1 Å². The highest BCUT2D eigenvalue weighted by atomic mass is 79.9. The van der Waals surface area contributed by atoms with Crippen molar-refractivity contribution in [2.24, 2.45) is 0 Å². The standard InChI is InChI=1S/C16H22BrNO2/c1-3-16(15(19)20)9-4-10-18(16)12(2)11-13-5-7-14(17)8-6-13/h5-8,12H,3-4,9-11H2,1-2H3,(H,19,20). The van der Waals surface area contributed by atoms with E-state index in [-0.39, 0.29) is 6.04 Å². The Morgan fingerprint density at radius 3 is 2.65 bits per heavy atom. The quantitative estimate of drug-likeness (QED) is 0.888. The maximum atomic E-state index is 11.7. The number of halogens is 1. The van der Waals surface area contributed by atoms with Gasteiger partial charge in [-0.25, -0.2) is 0 Å². The zero-order valence-electron chi connectivity index (χ0n) is 12.1. The third-order valence-corrected chi connectivity index (χ3v) is 5.03. The topological polar surface area (TPSA) is 40.5 Å². The summed E-state index contributed by atoms with van der Waals surface area (Å²) < 4.78 is 1.07. The molecule has 0 aromatic heterocycles. The minimum absolute atomic E-state index is 0.245. The molecule has 1 heterocycles. The summed E-state index contributed by atoms with van der Waals surface area (Å²) in [5.41, 5.74) is 0.595. The lowest BCUT2D eigenvalue weighted by atomic mass is 9.91. The first kappa shape index (κ1) is 15.5. The summed E-state index contributed by atoms with van der Waals surface area (Å²) >= 11 is 3.44. The van der Waals surface area contributed by atoms with Gasteiger partial charge in [0, 0.05) is 10.5 Å². The van der Waals surface area contributed by atoms with Crippen LogP contribution in [-0.4, -0.2) is 34.1 Å². The fourth-order valence-corrected chi connectivity index (χ4v) is 3.64. The van der Waals surface area contributed by atoms with Crippen molar-refractivity contribution < 1.29 is 9.90 Å². The van der Waals surface area contributed by atoms with Crippen LogP contribution in [0, 0.1) is 0 Å². The first-order valence-corrected chi connectivity index (χ1v) is 8.03. The number of hydrogen-bond acceptors (Lipinski definition) is 2. The molecule has 1 aromatic carbocycles. The molecule has 1 aliphatic heterocycles. The molecule has 1 N–H and O–H groups in total. The lowest BCUT2D eigenvalue weighted by Crippen LogP contribution is -2.54. The van der Waals surface area contributed by atoms with Crippen molar-refractivity contribution in [3.63, 3.8) is 0 Å². The van der Waals surface area contributed by atoms with Crippen molar-refractivity contribution in [3.8, 4) is 0 Å². The second kappa shape index (κ2) is 6.27. The number of carboxylic acids is 1. The fraction of sp³-hybridized carbons (Fsp3) is 0.562. The summed E-state index contributed by atoms with van der Waals surface area (Å²) in [6, 6.07) is 8.53. The van der Waals surface area contributed by atoms with Crippen LogP contribution < -0.4 is 0 Å². The second-order valence-corrected chi connectivity index (χ2v) is 6.58. The molecule has 4 heteroatoms. The molecule has 110 valence electrons. The van der Waals surface area contributed by atoms with Crippen LogP contribution in [0.1, 0.15) is 38.7 Å². The molecule has 1 aliphatic rings. The highest BCUT2D eigenvalue weighted by Crippen LogP contribution is 2.35. The van der Waals surface area contributed by atoms with E-state index in [1.165, 1.54) is 5.56 Å². The summed E-state index contributed by atoms with van der Waals surface area (Å²) in [4.78, 5) is 13.9. The van der Waals surface area contributed by atoms with Gasteiger partial charge in [0.05, 0.1) is 0 Å². The second-order valence-electron chi connectivity index (χ2n) is 5.67. The Morgan fingerprint density at radius 1 is 1.45 bits per heavy atom. The smallest absolute Gasteiger partial charge is 0.324 e. The molecule has 0 spiro atoms. The van der Waals surface area contributed by atoms with Crippen molar-refractivity contribution in [2.45, 2.75) is 51.1 Å². The molecule has 2 unspecified atom stereocenters. The predicted molar refractivity (Wildman–Crippen MR) is 83.9 cm³/mol. The first-order valence-electron chi connectivity index (χ1n) is 7.24. The number of nitrogens with zero attached hydrogens (tertiary/aromatic N) is 1. The molecule has 0 amide bonds. The molecule has 0 bridgehead atoms. The van der Waals surface area contributed by atoms with Gasteiger partial charge in [0.15, 0.2) is 0 Å². The van der Waals surface area contributed by atoms with Crippen LogP contribution in [0.3, 0.4) is 0 Å². The molecule has 2 rings (SSSR count). The van der Waals surface area contributed by atoms with E-state index in [0.29, 0.717) is 6.42 Å². The van der Waals surface area contributed by atoms with E-state index in [0.717, 1.165) is 30.3 Å². The van der Waals surface area contributed by atoms with Crippen LogP contribution in [0.2, 0.25) is 0 Å². The van der Waals surface area contributed by atoms with Crippen LogP contribution in [0.4, 0.5) is 0 Å². The molecular weight excluding hydrogens is 318 g/mol. The number of benzene rings is 1. The average Bonchev–Trinajstić information content (AvgIpc) is 2.86. The Morgan fingerprint density at radius 2 is 2.10 bits per heavy atom. The highest BCUT2D eigenvalue weighted by molar-refractivity contribution is 9.10. The van der Waals surface area contributed by atoms with Crippen molar-refractivity contribution in [3.05, 3.63) is 34.3 Å². The van der Waals surface area contributed by atoms with Gasteiger partial charge in [-0.1, -0.05) is 35.0 Å². The fourth-order valence-electron chi connectivity index (χ4n) is 3.37. The van der Waals surface area contributed by atoms with E-state index in [1.54, 1.807) is 0 Å². The Hall–Kier alpha value is -0.870. The Labute approximate surface area is 129 Å². The Kier molecular flexibility index (Phi) is 4.86. The van der Waals surface area contributed by atoms with Gasteiger partial charge in [-0.2, -0.15) is 0 Å². The monoisotopic (exact) mass is 339 g/mol. The lowest BCUT2D eigenvalue weighted by molar-refractivity contribution is -0.151. The van der Waals surface area contributed by atoms with Crippen LogP contribution in [-0.2, 0) is 11.2 Å². The number of hydrogen-bond donors (Lipinski definition) is 1. The van der Waals surface area contributed by atoms with Crippen LogP contribution >= 0.6 is 15.9 Å². The number of rotatable bonds is 5. The highest BCUT2D eigenvalue weighted by Gasteiger charge is 2.47. The molecule has 20 heavy (non-hydrogen) atoms. The van der Waals surface area contributed by atoms with Crippen molar-refractivity contribution in [1.82, 2.24) is 4.90 Å². The largest absolute Gasteiger partial charge is 0.480 e. The van der Waals surface area contributed by atoms with Crippen molar-refractivity contribution >= 4 is 21.9 Å². The minimum atomic E-state index is -0.667. The van der Waals surface area contributed by atoms with Gasteiger partial charge in [-0.05, 0) is 56.8 Å². The van der Waals surface area contributed by atoms with Crippen LogP contribution in [0.25, 0.3) is 0 Å². The summed E-state index contributed by atoms with van der Waals surface area (Å²) in [7, 11) is 0. The van der Waals surface area contributed by atoms with Gasteiger partial charge >= 0.3 is 5.97 Å². The third kappa shape index (κ3) is 2.91. The van der Waals surface area contributed by atoms with E-state index in [2.05, 4.69) is 39.9 Å². The molecule has 2 atom stereocenters. The molecule has 0 radical (unpaired) electrons. The summed E-state index contributed by atoms with van der Waals surface area (Å²) in [5.74, 6) is -0.667. The van der Waals surface area contributed by atoms with Gasteiger partial charge in [0.25, 0.3) is 0 Å². The lowest BCUT2D eigenvalue weighted by Gasteiger charge is -2.38. The Balaban J connectivity index is 2.13. The molecule has 1 aromatic rings. The maximum absolute atomic E-state index is 11.7. The van der Waals surface area contributed by atoms with E-state index >= 15 is 0 Å². The molecular formula is C16H22BrNO2. The van der Waals surface area contributed by atoms with Crippen molar-refractivity contribution in [2.75, 3.05) is 6.54 Å². The summed E-state index contributed by atoms with van der Waals surface area (Å²) in [5, 5.41) is 9.64. The zero-order chi connectivity index (χ0) is 14.8. The molecule has 3 nitrogen and oxygen atoms in total. The molecule has 1 saturated heterocycles. The van der Waals surface area contributed by atoms with Crippen LogP contribution in [0.15, 0.2) is 28.7 Å². The average molecular weight is 340 g/mol. The number of aliphatic carboxylic acids is 1. The van der Waals surface area contributed by atoms with Crippen molar-refractivity contribution in [1.29, 1.82) is 0 Å². The molecule has 0 aliphatic carbocycles. The van der Waals surface area contributed by atoms with E-state index in [9.17, 15) is 9.90 Å². The summed E-state index contributed by atoms with van der Waals surface area (Å²) in [6.45, 7) is 5.01. The van der Waals surface area contributed by atoms with Gasteiger partial charge in [-0.3, -0.25) is 9.69 Å². The van der Waals surface area contributed by atoms with Gasteiger partial charge in [0.1, 0.15) is 5.54 Å². The van der Waals surface area contributed by atoms with Gasteiger partial charge in [0.2, 0.25) is 0 Å². The Bertz CT molecular complexity index is 474. The molecule has 1 fully saturated rings. The zero-order valence-corrected chi connectivity index (χ0v) is 13.7. The van der Waals surface area contributed by atoms with Gasteiger partial charge < -0.3 is 5.11 Å². The normalized spacial score (nSPS) is 24.8. The van der Waals surface area contributed by atoms with Gasteiger partial charge in [-0.15, -0.1) is 0 Å². The number of carboxylic acid groups (broad SMARTS) is 1. The minimum Gasteiger partial charge on any atom is -0.480 e. The molecule has 0 saturated carbocycles. The number of carbonyl (C=O) groups is 1.